The van der Waals surface area contributed by atoms with Crippen LogP contribution in [0.25, 0.3) is 0 Å². The van der Waals surface area contributed by atoms with Crippen molar-refractivity contribution < 1.29 is 23.0 Å². The molecular formula is C22H25BrF2O3. The number of hydrogen-bond donors (Lipinski definition) is 0. The predicted molar refractivity (Wildman–Crippen MR) is 108 cm³/mol. The van der Waals surface area contributed by atoms with E-state index in [0.29, 0.717) is 12.2 Å². The molecule has 0 spiro atoms. The first-order valence-corrected chi connectivity index (χ1v) is 9.90. The van der Waals surface area contributed by atoms with E-state index in [4.69, 9.17) is 9.47 Å². The zero-order chi connectivity index (χ0) is 20.6. The molecule has 0 saturated carbocycles. The van der Waals surface area contributed by atoms with Gasteiger partial charge in [-0.25, -0.2) is 8.78 Å². The maximum atomic E-state index is 14.4. The van der Waals surface area contributed by atoms with Gasteiger partial charge in [-0.05, 0) is 36.6 Å². The van der Waals surface area contributed by atoms with Crippen molar-refractivity contribution in [2.45, 2.75) is 44.1 Å². The molecule has 2 aromatic carbocycles. The maximum absolute atomic E-state index is 14.4. The van der Waals surface area contributed by atoms with E-state index in [0.717, 1.165) is 10.0 Å². The number of ether oxygens (including phenoxy) is 2. The van der Waals surface area contributed by atoms with Crippen LogP contribution in [-0.2, 0) is 26.3 Å². The minimum absolute atomic E-state index is 0.0260. The molecular weight excluding hydrogens is 430 g/mol. The molecule has 0 radical (unpaired) electrons. The van der Waals surface area contributed by atoms with Gasteiger partial charge in [0.1, 0.15) is 0 Å². The van der Waals surface area contributed by atoms with E-state index < -0.39 is 30.1 Å². The molecule has 0 aliphatic carbocycles. The first-order chi connectivity index (χ1) is 13.3. The topological polar surface area (TPSA) is 35.5 Å². The Morgan fingerprint density at radius 3 is 2.39 bits per heavy atom. The van der Waals surface area contributed by atoms with Crippen LogP contribution in [0.2, 0.25) is 0 Å². The van der Waals surface area contributed by atoms with Crippen LogP contribution >= 0.6 is 15.9 Å². The lowest BCUT2D eigenvalue weighted by atomic mass is 9.77. The Balaban J connectivity index is 1.94. The van der Waals surface area contributed by atoms with E-state index >= 15 is 0 Å². The van der Waals surface area contributed by atoms with Gasteiger partial charge >= 0.3 is 5.97 Å². The smallest absolute Gasteiger partial charge is 0.315 e. The van der Waals surface area contributed by atoms with Crippen molar-refractivity contribution in [3.8, 4) is 0 Å². The summed E-state index contributed by atoms with van der Waals surface area (Å²) in [5, 5.41) is 0. The van der Waals surface area contributed by atoms with Crippen molar-refractivity contribution in [3.63, 3.8) is 0 Å². The second kappa shape index (κ2) is 10.1. The van der Waals surface area contributed by atoms with Gasteiger partial charge in [-0.2, -0.15) is 0 Å². The lowest BCUT2D eigenvalue weighted by Gasteiger charge is -2.29. The molecule has 0 N–H and O–H groups in total. The van der Waals surface area contributed by atoms with Crippen LogP contribution in [0.3, 0.4) is 0 Å². The monoisotopic (exact) mass is 454 g/mol. The Labute approximate surface area is 173 Å². The fraction of sp³-hybridized carbons (Fsp3) is 0.409. The third kappa shape index (κ3) is 6.38. The van der Waals surface area contributed by atoms with Gasteiger partial charge in [0.25, 0.3) is 0 Å². The highest BCUT2D eigenvalue weighted by Crippen LogP contribution is 2.36. The fourth-order valence-corrected chi connectivity index (χ4v) is 3.36. The molecule has 2 rings (SSSR count). The number of benzene rings is 2. The minimum Gasteiger partial charge on any atom is -0.468 e. The summed E-state index contributed by atoms with van der Waals surface area (Å²) < 4.78 is 39.9. The molecule has 0 heterocycles. The molecule has 3 nitrogen and oxygen atoms in total. The van der Waals surface area contributed by atoms with Crippen LogP contribution in [0.1, 0.15) is 37.3 Å². The highest BCUT2D eigenvalue weighted by Gasteiger charge is 2.40. The molecule has 0 fully saturated rings. The SMILES string of the molecule is COC(=O)C(C)(CCC(F)(F)CCOCc1ccccc1)c1cccc(Br)c1. The quantitative estimate of drug-likeness (QED) is 0.331. The predicted octanol–water partition coefficient (Wildman–Crippen LogP) is 5.90. The molecule has 1 atom stereocenters. The Bertz CT molecular complexity index is 767. The first kappa shape index (κ1) is 22.5. The molecule has 0 saturated heterocycles. The Morgan fingerprint density at radius 1 is 1.04 bits per heavy atom. The van der Waals surface area contributed by atoms with E-state index in [-0.39, 0.29) is 13.0 Å². The van der Waals surface area contributed by atoms with Gasteiger partial charge in [-0.1, -0.05) is 58.4 Å². The minimum atomic E-state index is -2.93. The van der Waals surface area contributed by atoms with Gasteiger partial charge in [0, 0.05) is 17.3 Å². The van der Waals surface area contributed by atoms with Crippen molar-refractivity contribution in [2.75, 3.05) is 13.7 Å². The summed E-state index contributed by atoms with van der Waals surface area (Å²) in [6.45, 7) is 1.89. The van der Waals surface area contributed by atoms with E-state index in [9.17, 15) is 13.6 Å². The number of rotatable bonds is 10. The van der Waals surface area contributed by atoms with Crippen molar-refractivity contribution in [3.05, 3.63) is 70.2 Å². The van der Waals surface area contributed by atoms with Crippen LogP contribution < -0.4 is 0 Å². The number of carbonyl (C=O) groups is 1. The van der Waals surface area contributed by atoms with Crippen molar-refractivity contribution >= 4 is 21.9 Å². The second-order valence-corrected chi connectivity index (χ2v) is 7.89. The molecule has 0 aliphatic heterocycles. The zero-order valence-electron chi connectivity index (χ0n) is 16.1. The van der Waals surface area contributed by atoms with Gasteiger partial charge in [0.05, 0.1) is 25.7 Å². The first-order valence-electron chi connectivity index (χ1n) is 9.11. The summed E-state index contributed by atoms with van der Waals surface area (Å²) in [5.41, 5.74) is 0.441. The highest BCUT2D eigenvalue weighted by atomic mass is 79.9. The van der Waals surface area contributed by atoms with Gasteiger partial charge in [0.2, 0.25) is 5.92 Å². The number of hydrogen-bond acceptors (Lipinski definition) is 3. The molecule has 0 bridgehead atoms. The van der Waals surface area contributed by atoms with Gasteiger partial charge < -0.3 is 9.47 Å². The number of alkyl halides is 2. The number of methoxy groups -OCH3 is 1. The lowest BCUT2D eigenvalue weighted by molar-refractivity contribution is -0.148. The van der Waals surface area contributed by atoms with Gasteiger partial charge in [-0.3, -0.25) is 4.79 Å². The molecule has 0 amide bonds. The normalized spacial score (nSPS) is 13.8. The molecule has 152 valence electrons. The van der Waals surface area contributed by atoms with E-state index in [1.807, 2.05) is 36.4 Å². The molecule has 1 unspecified atom stereocenters. The second-order valence-electron chi connectivity index (χ2n) is 6.98. The Hall–Kier alpha value is -1.79. The Kier molecular flexibility index (Phi) is 8.13. The van der Waals surface area contributed by atoms with Gasteiger partial charge in [0.15, 0.2) is 0 Å². The molecule has 6 heteroatoms. The fourth-order valence-electron chi connectivity index (χ4n) is 2.96. The summed E-state index contributed by atoms with van der Waals surface area (Å²) in [6.07, 6.45) is -0.850. The summed E-state index contributed by atoms with van der Waals surface area (Å²) in [6, 6.07) is 16.5. The van der Waals surface area contributed by atoms with Crippen LogP contribution in [0.4, 0.5) is 8.78 Å². The van der Waals surface area contributed by atoms with Crippen molar-refractivity contribution in [1.82, 2.24) is 0 Å². The summed E-state index contributed by atoms with van der Waals surface area (Å²) in [4.78, 5) is 12.4. The van der Waals surface area contributed by atoms with E-state index in [1.165, 1.54) is 7.11 Å². The molecule has 0 aliphatic rings. The summed E-state index contributed by atoms with van der Waals surface area (Å²) in [7, 11) is 1.27. The van der Waals surface area contributed by atoms with Crippen LogP contribution in [0, 0.1) is 0 Å². The standard InChI is InChI=1S/C22H25BrF2O3/c1-21(20(26)27-2,18-9-6-10-19(23)15-18)11-12-22(24,25)13-14-28-16-17-7-4-3-5-8-17/h3-10,15H,11-14,16H2,1-2H3. The van der Waals surface area contributed by atoms with E-state index in [1.54, 1.807) is 25.1 Å². The average Bonchev–Trinajstić information content (AvgIpc) is 2.69. The third-order valence-corrected chi connectivity index (χ3v) is 5.31. The van der Waals surface area contributed by atoms with E-state index in [2.05, 4.69) is 15.9 Å². The summed E-state index contributed by atoms with van der Waals surface area (Å²) >= 11 is 3.36. The molecule has 2 aromatic rings. The third-order valence-electron chi connectivity index (χ3n) is 4.81. The summed E-state index contributed by atoms with van der Waals surface area (Å²) in [5.74, 6) is -3.46. The molecule has 28 heavy (non-hydrogen) atoms. The van der Waals surface area contributed by atoms with Crippen molar-refractivity contribution in [2.24, 2.45) is 0 Å². The highest BCUT2D eigenvalue weighted by molar-refractivity contribution is 9.10. The average molecular weight is 455 g/mol. The zero-order valence-corrected chi connectivity index (χ0v) is 17.7. The van der Waals surface area contributed by atoms with Crippen LogP contribution in [-0.4, -0.2) is 25.6 Å². The lowest BCUT2D eigenvalue weighted by Crippen LogP contribution is -2.36. The molecule has 0 aromatic heterocycles. The number of halogens is 3. The number of carbonyl (C=O) groups excluding carboxylic acids is 1. The van der Waals surface area contributed by atoms with Crippen LogP contribution in [0.15, 0.2) is 59.1 Å². The van der Waals surface area contributed by atoms with Crippen LogP contribution in [0.5, 0.6) is 0 Å². The Morgan fingerprint density at radius 2 is 1.75 bits per heavy atom. The largest absolute Gasteiger partial charge is 0.468 e. The van der Waals surface area contributed by atoms with Gasteiger partial charge in [-0.15, -0.1) is 0 Å². The maximum Gasteiger partial charge on any atom is 0.315 e. The number of esters is 1. The van der Waals surface area contributed by atoms with Crippen molar-refractivity contribution in [1.29, 1.82) is 0 Å².